The van der Waals surface area contributed by atoms with E-state index in [4.69, 9.17) is 5.73 Å². The molecule has 82 valence electrons. The Labute approximate surface area is 93.7 Å². The average Bonchev–Trinajstić information content (AvgIpc) is 2.68. The third-order valence-electron chi connectivity index (χ3n) is 3.15. The van der Waals surface area contributed by atoms with Crippen LogP contribution in [-0.2, 0) is 0 Å². The second-order valence-electron chi connectivity index (χ2n) is 4.56. The molecule has 2 rings (SSSR count). The quantitative estimate of drug-likeness (QED) is 0.784. The number of rotatable bonds is 2. The Bertz CT molecular complexity index is 349. The summed E-state index contributed by atoms with van der Waals surface area (Å²) < 4.78 is 0. The number of aromatic nitrogens is 1. The molecule has 1 fully saturated rings. The fourth-order valence-electron chi connectivity index (χ4n) is 2.38. The van der Waals surface area contributed by atoms with Crippen LogP contribution in [0, 0.1) is 5.92 Å². The van der Waals surface area contributed by atoms with Gasteiger partial charge in [-0.05, 0) is 18.8 Å². The molecule has 0 spiro atoms. The first kappa shape index (κ1) is 10.8. The van der Waals surface area contributed by atoms with Gasteiger partial charge in [0.1, 0.15) is 5.69 Å². The van der Waals surface area contributed by atoms with Crippen molar-refractivity contribution in [1.29, 1.82) is 0 Å². The van der Waals surface area contributed by atoms with E-state index in [0.717, 1.165) is 19.3 Å². The summed E-state index contributed by atoms with van der Waals surface area (Å²) in [6, 6.07) is 0. The van der Waals surface area contributed by atoms with Gasteiger partial charge in [-0.15, -0.1) is 11.3 Å². The maximum Gasteiger partial charge on any atom is 0.201 e. The highest BCUT2D eigenvalue weighted by Crippen LogP contribution is 2.32. The molecule has 1 aliphatic rings. The van der Waals surface area contributed by atoms with E-state index in [1.807, 2.05) is 0 Å². The standard InChI is InChI=1S/C11H16N2OS/c1-8-3-2-4-11(12,5-8)10(14)9-6-15-7-13-9/h6-8H,2-5,12H2,1H3. The third-order valence-corrected chi connectivity index (χ3v) is 3.74. The summed E-state index contributed by atoms with van der Waals surface area (Å²) in [6.45, 7) is 2.16. The second kappa shape index (κ2) is 4.02. The van der Waals surface area contributed by atoms with Gasteiger partial charge in [0.25, 0.3) is 0 Å². The van der Waals surface area contributed by atoms with Gasteiger partial charge in [0, 0.05) is 5.38 Å². The number of carbonyl (C=O) groups is 1. The number of ketones is 1. The fourth-order valence-corrected chi connectivity index (χ4v) is 2.91. The Morgan fingerprint density at radius 2 is 2.53 bits per heavy atom. The van der Waals surface area contributed by atoms with Gasteiger partial charge in [0.2, 0.25) is 5.78 Å². The molecule has 3 nitrogen and oxygen atoms in total. The molecule has 1 aromatic rings. The summed E-state index contributed by atoms with van der Waals surface area (Å²) in [6.07, 6.45) is 3.83. The molecule has 0 amide bonds. The number of nitrogens with zero attached hydrogens (tertiary/aromatic N) is 1. The topological polar surface area (TPSA) is 56.0 Å². The molecule has 2 N–H and O–H groups in total. The highest BCUT2D eigenvalue weighted by atomic mass is 32.1. The van der Waals surface area contributed by atoms with Crippen molar-refractivity contribution in [2.45, 2.75) is 38.1 Å². The van der Waals surface area contributed by atoms with Gasteiger partial charge >= 0.3 is 0 Å². The fraction of sp³-hybridized carbons (Fsp3) is 0.636. The zero-order valence-electron chi connectivity index (χ0n) is 8.90. The third kappa shape index (κ3) is 2.11. The summed E-state index contributed by atoms with van der Waals surface area (Å²) in [4.78, 5) is 16.2. The first-order valence-corrected chi connectivity index (χ1v) is 6.28. The van der Waals surface area contributed by atoms with E-state index in [9.17, 15) is 4.79 Å². The molecule has 2 atom stereocenters. The van der Waals surface area contributed by atoms with Crippen LogP contribution in [0.15, 0.2) is 10.9 Å². The van der Waals surface area contributed by atoms with Crippen LogP contribution in [0.2, 0.25) is 0 Å². The van der Waals surface area contributed by atoms with Gasteiger partial charge in [-0.25, -0.2) is 4.98 Å². The van der Waals surface area contributed by atoms with E-state index in [2.05, 4.69) is 11.9 Å². The Morgan fingerprint density at radius 1 is 1.73 bits per heavy atom. The first-order valence-electron chi connectivity index (χ1n) is 5.34. The number of Topliss-reactive ketones (excluding diaryl/α,β-unsaturated/α-hetero) is 1. The molecule has 1 aliphatic carbocycles. The highest BCUT2D eigenvalue weighted by molar-refractivity contribution is 7.07. The lowest BCUT2D eigenvalue weighted by atomic mass is 9.74. The molecule has 0 aromatic carbocycles. The zero-order chi connectivity index (χ0) is 10.9. The van der Waals surface area contributed by atoms with Gasteiger partial charge in [-0.3, -0.25) is 4.79 Å². The molecular formula is C11H16N2OS. The van der Waals surface area contributed by atoms with E-state index in [1.54, 1.807) is 10.9 Å². The molecule has 1 saturated carbocycles. The number of hydrogen-bond donors (Lipinski definition) is 1. The van der Waals surface area contributed by atoms with Crippen molar-refractivity contribution in [3.8, 4) is 0 Å². The minimum Gasteiger partial charge on any atom is -0.319 e. The summed E-state index contributed by atoms with van der Waals surface area (Å²) >= 11 is 1.44. The van der Waals surface area contributed by atoms with Gasteiger partial charge in [0.05, 0.1) is 11.0 Å². The smallest absolute Gasteiger partial charge is 0.201 e. The summed E-state index contributed by atoms with van der Waals surface area (Å²) in [7, 11) is 0. The largest absolute Gasteiger partial charge is 0.319 e. The highest BCUT2D eigenvalue weighted by Gasteiger charge is 2.38. The van der Waals surface area contributed by atoms with Crippen LogP contribution in [0.25, 0.3) is 0 Å². The van der Waals surface area contributed by atoms with E-state index < -0.39 is 5.54 Å². The van der Waals surface area contributed by atoms with Crippen LogP contribution in [-0.4, -0.2) is 16.3 Å². The maximum atomic E-state index is 12.1. The maximum absolute atomic E-state index is 12.1. The molecule has 0 aliphatic heterocycles. The van der Waals surface area contributed by atoms with E-state index in [-0.39, 0.29) is 5.78 Å². The van der Waals surface area contributed by atoms with Crippen LogP contribution in [0.3, 0.4) is 0 Å². The monoisotopic (exact) mass is 224 g/mol. The van der Waals surface area contributed by atoms with Crippen molar-refractivity contribution in [3.63, 3.8) is 0 Å². The van der Waals surface area contributed by atoms with Crippen LogP contribution in [0.5, 0.6) is 0 Å². The lowest BCUT2D eigenvalue weighted by Gasteiger charge is -2.34. The van der Waals surface area contributed by atoms with Crippen molar-refractivity contribution in [3.05, 3.63) is 16.6 Å². The molecule has 0 radical (unpaired) electrons. The van der Waals surface area contributed by atoms with Crippen molar-refractivity contribution in [2.24, 2.45) is 11.7 Å². The first-order chi connectivity index (χ1) is 7.12. The van der Waals surface area contributed by atoms with E-state index in [0.29, 0.717) is 11.6 Å². The Morgan fingerprint density at radius 3 is 3.13 bits per heavy atom. The number of carbonyl (C=O) groups excluding carboxylic acids is 1. The van der Waals surface area contributed by atoms with Crippen molar-refractivity contribution in [1.82, 2.24) is 4.98 Å². The molecule has 15 heavy (non-hydrogen) atoms. The molecular weight excluding hydrogens is 208 g/mol. The van der Waals surface area contributed by atoms with Crippen LogP contribution < -0.4 is 5.73 Å². The Hall–Kier alpha value is -0.740. The van der Waals surface area contributed by atoms with Crippen molar-refractivity contribution < 1.29 is 4.79 Å². The normalized spacial score (nSPS) is 31.5. The SMILES string of the molecule is CC1CCCC(N)(C(=O)c2cscn2)C1. The molecule has 4 heteroatoms. The van der Waals surface area contributed by atoms with Gasteiger partial charge in [0.15, 0.2) is 0 Å². The van der Waals surface area contributed by atoms with Crippen LogP contribution in [0.4, 0.5) is 0 Å². The second-order valence-corrected chi connectivity index (χ2v) is 5.28. The predicted octanol–water partition coefficient (Wildman–Crippen LogP) is 2.23. The summed E-state index contributed by atoms with van der Waals surface area (Å²) in [5.74, 6) is 0.571. The lowest BCUT2D eigenvalue weighted by molar-refractivity contribution is 0.0815. The van der Waals surface area contributed by atoms with Crippen LogP contribution in [0.1, 0.15) is 43.1 Å². The minimum atomic E-state index is -0.661. The minimum absolute atomic E-state index is 0.0234. The molecule has 0 bridgehead atoms. The van der Waals surface area contributed by atoms with E-state index >= 15 is 0 Å². The van der Waals surface area contributed by atoms with E-state index in [1.165, 1.54) is 17.8 Å². The Kier molecular flexibility index (Phi) is 2.89. The van der Waals surface area contributed by atoms with Crippen molar-refractivity contribution in [2.75, 3.05) is 0 Å². The molecule has 1 aromatic heterocycles. The molecule has 0 saturated heterocycles. The van der Waals surface area contributed by atoms with Crippen molar-refractivity contribution >= 4 is 17.1 Å². The zero-order valence-corrected chi connectivity index (χ0v) is 9.72. The predicted molar refractivity (Wildman–Crippen MR) is 61.0 cm³/mol. The van der Waals surface area contributed by atoms with Gasteiger partial charge in [-0.1, -0.05) is 19.8 Å². The average molecular weight is 224 g/mol. The summed E-state index contributed by atoms with van der Waals surface area (Å²) in [5.41, 5.74) is 7.76. The van der Waals surface area contributed by atoms with Gasteiger partial charge < -0.3 is 5.73 Å². The van der Waals surface area contributed by atoms with Crippen LogP contribution >= 0.6 is 11.3 Å². The Balaban J connectivity index is 2.18. The summed E-state index contributed by atoms with van der Waals surface area (Å²) in [5, 5.41) is 1.79. The number of hydrogen-bond acceptors (Lipinski definition) is 4. The van der Waals surface area contributed by atoms with Gasteiger partial charge in [-0.2, -0.15) is 0 Å². The molecule has 2 unspecified atom stereocenters. The number of thiazole rings is 1. The number of nitrogens with two attached hydrogens (primary N) is 1. The lowest BCUT2D eigenvalue weighted by Crippen LogP contribution is -2.51. The molecule has 1 heterocycles.